The molecule has 0 radical (unpaired) electrons. The SMILES string of the molecule is NNc1cc(-c2nc(-c3ccncc3)no2)ccn1. The number of nitrogens with one attached hydrogen (secondary N) is 1. The second-order valence-electron chi connectivity index (χ2n) is 3.73. The van der Waals surface area contributed by atoms with Gasteiger partial charge in [0.25, 0.3) is 5.89 Å². The van der Waals surface area contributed by atoms with Crippen LogP contribution in [0.15, 0.2) is 47.4 Å². The summed E-state index contributed by atoms with van der Waals surface area (Å²) in [5.74, 6) is 6.75. The largest absolute Gasteiger partial charge is 0.334 e. The first kappa shape index (κ1) is 11.3. The third-order valence-corrected chi connectivity index (χ3v) is 2.52. The minimum Gasteiger partial charge on any atom is -0.334 e. The van der Waals surface area contributed by atoms with Crippen molar-refractivity contribution in [3.05, 3.63) is 42.9 Å². The zero-order valence-corrected chi connectivity index (χ0v) is 9.82. The van der Waals surface area contributed by atoms with Gasteiger partial charge in [-0.1, -0.05) is 5.16 Å². The average Bonchev–Trinajstić information content (AvgIpc) is 2.98. The Labute approximate surface area is 108 Å². The van der Waals surface area contributed by atoms with Gasteiger partial charge in [0, 0.05) is 29.7 Å². The first-order valence-corrected chi connectivity index (χ1v) is 5.54. The zero-order valence-electron chi connectivity index (χ0n) is 9.82. The molecule has 0 aliphatic heterocycles. The number of hydrazine groups is 1. The average molecular weight is 254 g/mol. The van der Waals surface area contributed by atoms with Crippen LogP contribution in [-0.4, -0.2) is 20.1 Å². The number of nitrogens with two attached hydrogens (primary N) is 1. The van der Waals surface area contributed by atoms with E-state index in [0.29, 0.717) is 17.5 Å². The van der Waals surface area contributed by atoms with Gasteiger partial charge in [-0.3, -0.25) is 4.98 Å². The highest BCUT2D eigenvalue weighted by molar-refractivity contribution is 5.61. The predicted molar refractivity (Wildman–Crippen MR) is 68.6 cm³/mol. The molecule has 7 heteroatoms. The number of rotatable bonds is 3. The van der Waals surface area contributed by atoms with Crippen molar-refractivity contribution in [2.24, 2.45) is 5.84 Å². The molecule has 19 heavy (non-hydrogen) atoms. The number of nitrogen functional groups attached to an aromatic ring is 1. The molecule has 3 aromatic rings. The van der Waals surface area contributed by atoms with E-state index in [1.165, 1.54) is 0 Å². The Hall–Kier alpha value is -2.80. The summed E-state index contributed by atoms with van der Waals surface area (Å²) in [7, 11) is 0. The van der Waals surface area contributed by atoms with Crippen LogP contribution in [-0.2, 0) is 0 Å². The fourth-order valence-electron chi connectivity index (χ4n) is 1.60. The molecule has 0 aliphatic carbocycles. The molecule has 94 valence electrons. The van der Waals surface area contributed by atoms with Crippen molar-refractivity contribution >= 4 is 5.82 Å². The fourth-order valence-corrected chi connectivity index (χ4v) is 1.60. The molecule has 0 aliphatic rings. The van der Waals surface area contributed by atoms with E-state index >= 15 is 0 Å². The maximum atomic E-state index is 5.31. The summed E-state index contributed by atoms with van der Waals surface area (Å²) in [4.78, 5) is 12.3. The van der Waals surface area contributed by atoms with Crippen LogP contribution in [0.1, 0.15) is 0 Å². The second kappa shape index (κ2) is 4.83. The standard InChI is InChI=1S/C12H10N6O/c13-17-10-7-9(3-6-15-10)12-16-11(18-19-12)8-1-4-14-5-2-8/h1-7H,13H2,(H,15,17). The molecule has 3 heterocycles. The van der Waals surface area contributed by atoms with Crippen LogP contribution in [0.25, 0.3) is 22.8 Å². The van der Waals surface area contributed by atoms with E-state index < -0.39 is 0 Å². The van der Waals surface area contributed by atoms with Crippen molar-refractivity contribution in [1.82, 2.24) is 20.1 Å². The lowest BCUT2D eigenvalue weighted by atomic mass is 10.2. The molecule has 3 aromatic heterocycles. The van der Waals surface area contributed by atoms with Crippen LogP contribution in [0.5, 0.6) is 0 Å². The summed E-state index contributed by atoms with van der Waals surface area (Å²) >= 11 is 0. The molecule has 3 N–H and O–H groups in total. The van der Waals surface area contributed by atoms with E-state index in [4.69, 9.17) is 10.4 Å². The lowest BCUT2D eigenvalue weighted by Gasteiger charge is -1.98. The van der Waals surface area contributed by atoms with E-state index in [1.54, 1.807) is 30.7 Å². The Morgan fingerprint density at radius 2 is 1.84 bits per heavy atom. The summed E-state index contributed by atoms with van der Waals surface area (Å²) in [6.07, 6.45) is 4.96. The van der Waals surface area contributed by atoms with Crippen LogP contribution >= 0.6 is 0 Å². The van der Waals surface area contributed by atoms with Crippen LogP contribution in [0.2, 0.25) is 0 Å². The van der Waals surface area contributed by atoms with E-state index in [-0.39, 0.29) is 0 Å². The van der Waals surface area contributed by atoms with Crippen LogP contribution in [0, 0.1) is 0 Å². The van der Waals surface area contributed by atoms with Gasteiger partial charge < -0.3 is 9.95 Å². The molecule has 3 rings (SSSR count). The molecule has 0 saturated heterocycles. The zero-order chi connectivity index (χ0) is 13.1. The van der Waals surface area contributed by atoms with Crippen molar-refractivity contribution in [3.63, 3.8) is 0 Å². The number of anilines is 1. The van der Waals surface area contributed by atoms with Crippen LogP contribution in [0.3, 0.4) is 0 Å². The molecule has 7 nitrogen and oxygen atoms in total. The molecule has 0 aromatic carbocycles. The van der Waals surface area contributed by atoms with Gasteiger partial charge in [0.2, 0.25) is 5.82 Å². The Balaban J connectivity index is 1.97. The molecular formula is C12H10N6O. The van der Waals surface area contributed by atoms with E-state index in [9.17, 15) is 0 Å². The Kier molecular flexibility index (Phi) is 2.87. The molecule has 0 unspecified atom stereocenters. The highest BCUT2D eigenvalue weighted by Crippen LogP contribution is 2.22. The maximum absolute atomic E-state index is 5.31. The number of hydrogen-bond acceptors (Lipinski definition) is 7. The molecule has 0 saturated carbocycles. The summed E-state index contributed by atoms with van der Waals surface area (Å²) in [6, 6.07) is 7.12. The number of nitrogens with zero attached hydrogens (tertiary/aromatic N) is 4. The van der Waals surface area contributed by atoms with Gasteiger partial charge in [-0.15, -0.1) is 0 Å². The topological polar surface area (TPSA) is 103 Å². The summed E-state index contributed by atoms with van der Waals surface area (Å²) in [5, 5.41) is 3.93. The number of hydrogen-bond donors (Lipinski definition) is 2. The minimum absolute atomic E-state index is 0.408. The lowest BCUT2D eigenvalue weighted by Crippen LogP contribution is -2.08. The van der Waals surface area contributed by atoms with Crippen LogP contribution < -0.4 is 11.3 Å². The molecule has 0 atom stereocenters. The van der Waals surface area contributed by atoms with E-state index in [2.05, 4.69) is 25.5 Å². The third kappa shape index (κ3) is 2.26. The van der Waals surface area contributed by atoms with Crippen LogP contribution in [0.4, 0.5) is 5.82 Å². The fraction of sp³-hybridized carbons (Fsp3) is 0. The monoisotopic (exact) mass is 254 g/mol. The molecule has 0 fully saturated rings. The van der Waals surface area contributed by atoms with Crippen molar-refractivity contribution in [1.29, 1.82) is 0 Å². The predicted octanol–water partition coefficient (Wildman–Crippen LogP) is 1.48. The second-order valence-corrected chi connectivity index (χ2v) is 3.73. The van der Waals surface area contributed by atoms with Gasteiger partial charge in [0.05, 0.1) is 0 Å². The van der Waals surface area contributed by atoms with Gasteiger partial charge in [-0.25, -0.2) is 10.8 Å². The normalized spacial score (nSPS) is 10.4. The van der Waals surface area contributed by atoms with E-state index in [1.807, 2.05) is 12.1 Å². The van der Waals surface area contributed by atoms with Crippen molar-refractivity contribution in [2.45, 2.75) is 0 Å². The smallest absolute Gasteiger partial charge is 0.258 e. The lowest BCUT2D eigenvalue weighted by molar-refractivity contribution is 0.432. The Morgan fingerprint density at radius 1 is 1.05 bits per heavy atom. The summed E-state index contributed by atoms with van der Waals surface area (Å²) < 4.78 is 5.23. The third-order valence-electron chi connectivity index (χ3n) is 2.52. The molecule has 0 spiro atoms. The first-order chi connectivity index (χ1) is 9.36. The van der Waals surface area contributed by atoms with Crippen molar-refractivity contribution in [3.8, 4) is 22.8 Å². The van der Waals surface area contributed by atoms with Gasteiger partial charge in [0.15, 0.2) is 0 Å². The molecular weight excluding hydrogens is 244 g/mol. The van der Waals surface area contributed by atoms with Gasteiger partial charge in [-0.05, 0) is 24.3 Å². The van der Waals surface area contributed by atoms with Gasteiger partial charge in [0.1, 0.15) is 5.82 Å². The Morgan fingerprint density at radius 3 is 2.63 bits per heavy atom. The van der Waals surface area contributed by atoms with Crippen molar-refractivity contribution < 1.29 is 4.52 Å². The minimum atomic E-state index is 0.408. The molecule has 0 bridgehead atoms. The van der Waals surface area contributed by atoms with Gasteiger partial charge in [-0.2, -0.15) is 4.98 Å². The first-order valence-electron chi connectivity index (χ1n) is 5.54. The molecule has 0 amide bonds. The number of aromatic nitrogens is 4. The Bertz CT molecular complexity index is 681. The van der Waals surface area contributed by atoms with Crippen molar-refractivity contribution in [2.75, 3.05) is 5.43 Å². The summed E-state index contributed by atoms with van der Waals surface area (Å²) in [6.45, 7) is 0. The van der Waals surface area contributed by atoms with E-state index in [0.717, 1.165) is 11.1 Å². The maximum Gasteiger partial charge on any atom is 0.258 e. The number of pyridine rings is 2. The summed E-state index contributed by atoms with van der Waals surface area (Å²) in [5.41, 5.74) is 4.06. The quantitative estimate of drug-likeness (QED) is 0.539. The highest BCUT2D eigenvalue weighted by atomic mass is 16.5. The highest BCUT2D eigenvalue weighted by Gasteiger charge is 2.10. The van der Waals surface area contributed by atoms with Gasteiger partial charge >= 0.3 is 0 Å².